The maximum Gasteiger partial charge on any atom is 0.0630 e. The van der Waals surface area contributed by atoms with Gasteiger partial charge in [0.05, 0.1) is 6.61 Å². The van der Waals surface area contributed by atoms with E-state index < -0.39 is 0 Å². The van der Waals surface area contributed by atoms with E-state index in [0.29, 0.717) is 6.04 Å². The van der Waals surface area contributed by atoms with E-state index in [9.17, 15) is 0 Å². The first kappa shape index (κ1) is 14.3. The number of ether oxygens (including phenoxy) is 2. The third kappa shape index (κ3) is 4.50. The van der Waals surface area contributed by atoms with Crippen molar-refractivity contribution >= 4 is 0 Å². The lowest BCUT2D eigenvalue weighted by atomic mass is 9.96. The minimum atomic E-state index is 0.541. The van der Waals surface area contributed by atoms with E-state index in [1.807, 2.05) is 7.11 Å². The second kappa shape index (κ2) is 7.43. The van der Waals surface area contributed by atoms with Gasteiger partial charge in [-0.3, -0.25) is 4.90 Å². The Bertz CT molecular complexity index is 226. The van der Waals surface area contributed by atoms with Crippen molar-refractivity contribution < 1.29 is 9.47 Å². The van der Waals surface area contributed by atoms with Gasteiger partial charge < -0.3 is 14.8 Å². The van der Waals surface area contributed by atoms with Crippen LogP contribution in [0.15, 0.2) is 0 Å². The van der Waals surface area contributed by atoms with Crippen LogP contribution < -0.4 is 5.32 Å². The second-order valence-corrected chi connectivity index (χ2v) is 5.73. The first-order valence-electron chi connectivity index (χ1n) is 7.28. The second-order valence-electron chi connectivity index (χ2n) is 5.73. The van der Waals surface area contributed by atoms with E-state index in [2.05, 4.69) is 10.2 Å². The van der Waals surface area contributed by atoms with Crippen LogP contribution in [0.3, 0.4) is 0 Å². The molecular formula is C14H28N2O2. The third-order valence-corrected chi connectivity index (χ3v) is 4.15. The number of methoxy groups -OCH3 is 2. The van der Waals surface area contributed by atoms with Crippen molar-refractivity contribution in [1.29, 1.82) is 0 Å². The van der Waals surface area contributed by atoms with E-state index in [1.165, 1.54) is 38.8 Å². The van der Waals surface area contributed by atoms with Crippen molar-refractivity contribution in [1.82, 2.24) is 10.2 Å². The topological polar surface area (TPSA) is 33.7 Å². The summed E-state index contributed by atoms with van der Waals surface area (Å²) in [4.78, 5) is 2.59. The SMILES string of the molecule is COCC1CCN(C(CNC2CC2)COC)CC1. The minimum absolute atomic E-state index is 0.541. The summed E-state index contributed by atoms with van der Waals surface area (Å²) in [6, 6.07) is 1.33. The number of rotatable bonds is 8. The highest BCUT2D eigenvalue weighted by molar-refractivity contribution is 4.85. The number of piperidine rings is 1. The molecule has 0 radical (unpaired) electrons. The van der Waals surface area contributed by atoms with E-state index >= 15 is 0 Å². The zero-order valence-electron chi connectivity index (χ0n) is 11.9. The molecule has 18 heavy (non-hydrogen) atoms. The van der Waals surface area contributed by atoms with Crippen LogP contribution in [0.1, 0.15) is 25.7 Å². The van der Waals surface area contributed by atoms with Crippen LogP contribution in [0.25, 0.3) is 0 Å². The molecule has 2 aliphatic rings. The van der Waals surface area contributed by atoms with E-state index in [0.717, 1.165) is 31.7 Å². The molecule has 0 bridgehead atoms. The van der Waals surface area contributed by atoms with Gasteiger partial charge in [0.25, 0.3) is 0 Å². The molecule has 4 heteroatoms. The summed E-state index contributed by atoms with van der Waals surface area (Å²) in [5.41, 5.74) is 0. The van der Waals surface area contributed by atoms with Gasteiger partial charge in [-0.05, 0) is 44.7 Å². The van der Waals surface area contributed by atoms with Gasteiger partial charge in [-0.2, -0.15) is 0 Å². The summed E-state index contributed by atoms with van der Waals surface area (Å²) in [6.45, 7) is 5.22. The zero-order valence-corrected chi connectivity index (χ0v) is 11.9. The van der Waals surface area contributed by atoms with Crippen LogP contribution in [-0.4, -0.2) is 64.1 Å². The summed E-state index contributed by atoms with van der Waals surface area (Å²) >= 11 is 0. The average molecular weight is 256 g/mol. The molecule has 2 rings (SSSR count). The highest BCUT2D eigenvalue weighted by atomic mass is 16.5. The molecule has 1 N–H and O–H groups in total. The van der Waals surface area contributed by atoms with Crippen LogP contribution in [0.4, 0.5) is 0 Å². The van der Waals surface area contributed by atoms with Gasteiger partial charge in [-0.25, -0.2) is 0 Å². The van der Waals surface area contributed by atoms with Crippen molar-refractivity contribution in [3.05, 3.63) is 0 Å². The highest BCUT2D eigenvalue weighted by Gasteiger charge is 2.27. The average Bonchev–Trinajstić information content (AvgIpc) is 3.20. The van der Waals surface area contributed by atoms with Gasteiger partial charge in [-0.1, -0.05) is 0 Å². The Balaban J connectivity index is 1.72. The van der Waals surface area contributed by atoms with Crippen molar-refractivity contribution in [3.8, 4) is 0 Å². The fourth-order valence-electron chi connectivity index (χ4n) is 2.80. The van der Waals surface area contributed by atoms with Crippen LogP contribution >= 0.6 is 0 Å². The summed E-state index contributed by atoms with van der Waals surface area (Å²) in [5, 5.41) is 3.63. The molecule has 0 aromatic carbocycles. The monoisotopic (exact) mass is 256 g/mol. The molecule has 1 saturated heterocycles. The molecular weight excluding hydrogens is 228 g/mol. The maximum atomic E-state index is 5.38. The van der Waals surface area contributed by atoms with Crippen molar-refractivity contribution in [2.75, 3.05) is 47.1 Å². The number of likely N-dealkylation sites (tertiary alicyclic amines) is 1. The minimum Gasteiger partial charge on any atom is -0.384 e. The van der Waals surface area contributed by atoms with Gasteiger partial charge in [0.15, 0.2) is 0 Å². The first-order chi connectivity index (χ1) is 8.83. The Kier molecular flexibility index (Phi) is 5.89. The quantitative estimate of drug-likeness (QED) is 0.705. The molecule has 106 valence electrons. The lowest BCUT2D eigenvalue weighted by Gasteiger charge is -2.37. The lowest BCUT2D eigenvalue weighted by molar-refractivity contribution is 0.0460. The fraction of sp³-hybridized carbons (Fsp3) is 1.00. The zero-order chi connectivity index (χ0) is 12.8. The molecule has 0 aromatic rings. The normalized spacial score (nSPS) is 24.3. The van der Waals surface area contributed by atoms with Gasteiger partial charge in [-0.15, -0.1) is 0 Å². The van der Waals surface area contributed by atoms with E-state index in [4.69, 9.17) is 9.47 Å². The summed E-state index contributed by atoms with van der Waals surface area (Å²) in [7, 11) is 3.61. The summed E-state index contributed by atoms with van der Waals surface area (Å²) < 4.78 is 10.6. The molecule has 1 saturated carbocycles. The Morgan fingerprint density at radius 3 is 2.39 bits per heavy atom. The van der Waals surface area contributed by atoms with E-state index in [1.54, 1.807) is 7.11 Å². The largest absolute Gasteiger partial charge is 0.384 e. The molecule has 0 aromatic heterocycles. The molecule has 0 spiro atoms. The molecule has 4 nitrogen and oxygen atoms in total. The molecule has 1 atom stereocenters. The molecule has 2 fully saturated rings. The van der Waals surface area contributed by atoms with E-state index in [-0.39, 0.29) is 0 Å². The molecule has 1 aliphatic heterocycles. The number of nitrogens with one attached hydrogen (secondary N) is 1. The van der Waals surface area contributed by atoms with Crippen LogP contribution in [0.5, 0.6) is 0 Å². The Labute approximate surface area is 111 Å². The fourth-order valence-corrected chi connectivity index (χ4v) is 2.80. The molecule has 0 amide bonds. The lowest BCUT2D eigenvalue weighted by Crippen LogP contribution is -2.49. The smallest absolute Gasteiger partial charge is 0.0630 e. The predicted molar refractivity (Wildman–Crippen MR) is 72.9 cm³/mol. The van der Waals surface area contributed by atoms with Gasteiger partial charge in [0.2, 0.25) is 0 Å². The van der Waals surface area contributed by atoms with Crippen LogP contribution in [0.2, 0.25) is 0 Å². The summed E-state index contributed by atoms with van der Waals surface area (Å²) in [6.07, 6.45) is 5.24. The number of nitrogens with zero attached hydrogens (tertiary/aromatic N) is 1. The number of hydrogen-bond acceptors (Lipinski definition) is 4. The van der Waals surface area contributed by atoms with Gasteiger partial charge in [0.1, 0.15) is 0 Å². The first-order valence-corrected chi connectivity index (χ1v) is 7.28. The molecule has 1 heterocycles. The maximum absolute atomic E-state index is 5.38. The van der Waals surface area contributed by atoms with Crippen LogP contribution in [0, 0.1) is 5.92 Å². The van der Waals surface area contributed by atoms with Crippen LogP contribution in [-0.2, 0) is 9.47 Å². The Morgan fingerprint density at radius 2 is 1.83 bits per heavy atom. The molecule has 1 aliphatic carbocycles. The van der Waals surface area contributed by atoms with Crippen molar-refractivity contribution in [3.63, 3.8) is 0 Å². The van der Waals surface area contributed by atoms with Crippen molar-refractivity contribution in [2.45, 2.75) is 37.8 Å². The third-order valence-electron chi connectivity index (χ3n) is 4.15. The Morgan fingerprint density at radius 1 is 1.11 bits per heavy atom. The van der Waals surface area contributed by atoms with Crippen molar-refractivity contribution in [2.24, 2.45) is 5.92 Å². The van der Waals surface area contributed by atoms with Gasteiger partial charge >= 0.3 is 0 Å². The Hall–Kier alpha value is -0.160. The summed E-state index contributed by atoms with van der Waals surface area (Å²) in [5.74, 6) is 0.755. The highest BCUT2D eigenvalue weighted by Crippen LogP contribution is 2.21. The van der Waals surface area contributed by atoms with Gasteiger partial charge in [0, 0.05) is 39.5 Å². The molecule has 1 unspecified atom stereocenters. The number of hydrogen-bond donors (Lipinski definition) is 1. The standard InChI is InChI=1S/C14H28N2O2/c1-17-10-12-5-7-16(8-6-12)14(11-18-2)9-15-13-3-4-13/h12-15H,3-11H2,1-2H3. The predicted octanol–water partition coefficient (Wildman–Crippen LogP) is 1.11.